The van der Waals surface area contributed by atoms with E-state index < -0.39 is 0 Å². The predicted octanol–water partition coefficient (Wildman–Crippen LogP) is 1.78. The summed E-state index contributed by atoms with van der Waals surface area (Å²) in [6, 6.07) is 4.88. The summed E-state index contributed by atoms with van der Waals surface area (Å²) in [5.41, 5.74) is 7.53. The first-order valence-corrected chi connectivity index (χ1v) is 4.81. The van der Waals surface area contributed by atoms with Crippen molar-refractivity contribution in [3.63, 3.8) is 0 Å². The van der Waals surface area contributed by atoms with Crippen LogP contribution in [0.4, 0.5) is 10.1 Å². The van der Waals surface area contributed by atoms with Gasteiger partial charge in [0.05, 0.1) is 0 Å². The molecule has 0 unspecified atom stereocenters. The van der Waals surface area contributed by atoms with Crippen LogP contribution in [0.15, 0.2) is 18.2 Å². The third kappa shape index (κ3) is 2.70. The van der Waals surface area contributed by atoms with E-state index in [0.717, 1.165) is 24.1 Å². The lowest BCUT2D eigenvalue weighted by molar-refractivity contribution is 0.624. The lowest BCUT2D eigenvalue weighted by Gasteiger charge is -2.17. The standard InChI is InChI=1S/C11H17FN2/c1-14(2)11-6-5-10(12)8-9(11)4-3-7-13/h5-6,8H,3-4,7,13H2,1-2H3. The minimum atomic E-state index is -0.178. The van der Waals surface area contributed by atoms with Gasteiger partial charge in [0.15, 0.2) is 0 Å². The molecule has 0 saturated carbocycles. The highest BCUT2D eigenvalue weighted by Crippen LogP contribution is 2.20. The first kappa shape index (κ1) is 11.0. The fourth-order valence-electron chi connectivity index (χ4n) is 1.48. The van der Waals surface area contributed by atoms with Crippen LogP contribution in [0.3, 0.4) is 0 Å². The highest BCUT2D eigenvalue weighted by atomic mass is 19.1. The van der Waals surface area contributed by atoms with Crippen molar-refractivity contribution < 1.29 is 4.39 Å². The third-order valence-electron chi connectivity index (χ3n) is 2.17. The first-order valence-electron chi connectivity index (χ1n) is 4.81. The fourth-order valence-corrected chi connectivity index (χ4v) is 1.48. The number of nitrogens with zero attached hydrogens (tertiary/aromatic N) is 1. The van der Waals surface area contributed by atoms with Gasteiger partial charge in [0.25, 0.3) is 0 Å². The summed E-state index contributed by atoms with van der Waals surface area (Å²) in [5.74, 6) is -0.178. The second-order valence-corrected chi connectivity index (χ2v) is 3.56. The van der Waals surface area contributed by atoms with Gasteiger partial charge in [-0.05, 0) is 43.1 Å². The molecule has 14 heavy (non-hydrogen) atoms. The molecule has 0 atom stereocenters. The van der Waals surface area contributed by atoms with Crippen molar-refractivity contribution in [2.24, 2.45) is 5.73 Å². The molecule has 0 aliphatic carbocycles. The van der Waals surface area contributed by atoms with Gasteiger partial charge in [-0.25, -0.2) is 4.39 Å². The molecule has 78 valence electrons. The summed E-state index contributed by atoms with van der Waals surface area (Å²) in [6.07, 6.45) is 1.73. The normalized spacial score (nSPS) is 10.3. The van der Waals surface area contributed by atoms with Crippen LogP contribution in [0.1, 0.15) is 12.0 Å². The molecule has 1 aromatic carbocycles. The van der Waals surface area contributed by atoms with E-state index in [4.69, 9.17) is 5.73 Å². The molecular formula is C11H17FN2. The van der Waals surface area contributed by atoms with Gasteiger partial charge < -0.3 is 10.6 Å². The van der Waals surface area contributed by atoms with Gasteiger partial charge in [-0.1, -0.05) is 0 Å². The molecule has 0 saturated heterocycles. The van der Waals surface area contributed by atoms with Crippen molar-refractivity contribution in [1.29, 1.82) is 0 Å². The monoisotopic (exact) mass is 196 g/mol. The smallest absolute Gasteiger partial charge is 0.123 e. The molecule has 0 radical (unpaired) electrons. The van der Waals surface area contributed by atoms with E-state index in [0.29, 0.717) is 6.54 Å². The first-order chi connectivity index (χ1) is 6.65. The van der Waals surface area contributed by atoms with E-state index in [1.165, 1.54) is 6.07 Å². The molecule has 0 aliphatic rings. The molecular weight excluding hydrogens is 179 g/mol. The molecule has 2 nitrogen and oxygen atoms in total. The molecule has 1 rings (SSSR count). The van der Waals surface area contributed by atoms with E-state index in [1.807, 2.05) is 19.0 Å². The predicted molar refractivity (Wildman–Crippen MR) is 58.1 cm³/mol. The number of benzene rings is 1. The van der Waals surface area contributed by atoms with Crippen molar-refractivity contribution in [2.75, 3.05) is 25.5 Å². The fraction of sp³-hybridized carbons (Fsp3) is 0.455. The molecule has 3 heteroatoms. The zero-order valence-corrected chi connectivity index (χ0v) is 8.76. The van der Waals surface area contributed by atoms with E-state index >= 15 is 0 Å². The Morgan fingerprint density at radius 3 is 2.64 bits per heavy atom. The molecule has 0 aliphatic heterocycles. The van der Waals surface area contributed by atoms with Crippen LogP contribution in [-0.2, 0) is 6.42 Å². The largest absolute Gasteiger partial charge is 0.377 e. The number of anilines is 1. The summed E-state index contributed by atoms with van der Waals surface area (Å²) < 4.78 is 13.0. The Balaban J connectivity index is 2.91. The lowest BCUT2D eigenvalue weighted by atomic mass is 10.1. The SMILES string of the molecule is CN(C)c1ccc(F)cc1CCCN. The maximum absolute atomic E-state index is 13.0. The van der Waals surface area contributed by atoms with Crippen molar-refractivity contribution in [2.45, 2.75) is 12.8 Å². The quantitative estimate of drug-likeness (QED) is 0.795. The molecule has 1 aromatic rings. The minimum absolute atomic E-state index is 0.178. The average Bonchev–Trinajstić information content (AvgIpc) is 2.14. The number of hydrogen-bond acceptors (Lipinski definition) is 2. The summed E-state index contributed by atoms with van der Waals surface area (Å²) >= 11 is 0. The van der Waals surface area contributed by atoms with Crippen LogP contribution in [-0.4, -0.2) is 20.6 Å². The number of halogens is 1. The van der Waals surface area contributed by atoms with Gasteiger partial charge in [-0.2, -0.15) is 0 Å². The Kier molecular flexibility index (Phi) is 3.89. The number of nitrogens with two attached hydrogens (primary N) is 1. The number of hydrogen-bond donors (Lipinski definition) is 1. The minimum Gasteiger partial charge on any atom is -0.377 e. The Labute approximate surface area is 84.5 Å². The highest BCUT2D eigenvalue weighted by Gasteiger charge is 2.05. The Bertz CT molecular complexity index is 297. The van der Waals surface area contributed by atoms with Crippen LogP contribution in [0.5, 0.6) is 0 Å². The highest BCUT2D eigenvalue weighted by molar-refractivity contribution is 5.52. The third-order valence-corrected chi connectivity index (χ3v) is 2.17. The maximum atomic E-state index is 13.0. The zero-order valence-electron chi connectivity index (χ0n) is 8.76. The van der Waals surface area contributed by atoms with Crippen LogP contribution in [0.2, 0.25) is 0 Å². The molecule has 0 bridgehead atoms. The molecule has 0 heterocycles. The van der Waals surface area contributed by atoms with Gasteiger partial charge >= 0.3 is 0 Å². The zero-order chi connectivity index (χ0) is 10.6. The van der Waals surface area contributed by atoms with Crippen molar-refractivity contribution in [3.05, 3.63) is 29.6 Å². The van der Waals surface area contributed by atoms with Crippen LogP contribution in [0.25, 0.3) is 0 Å². The summed E-state index contributed by atoms with van der Waals surface area (Å²) in [4.78, 5) is 1.99. The van der Waals surface area contributed by atoms with Gasteiger partial charge in [-0.15, -0.1) is 0 Å². The summed E-state index contributed by atoms with van der Waals surface area (Å²) in [5, 5.41) is 0. The summed E-state index contributed by atoms with van der Waals surface area (Å²) in [6.45, 7) is 0.642. The van der Waals surface area contributed by atoms with Crippen LogP contribution < -0.4 is 10.6 Å². The molecule has 2 N–H and O–H groups in total. The van der Waals surface area contributed by atoms with Gasteiger partial charge in [0.2, 0.25) is 0 Å². The second-order valence-electron chi connectivity index (χ2n) is 3.56. The Hall–Kier alpha value is -1.09. The van der Waals surface area contributed by atoms with Crippen LogP contribution >= 0.6 is 0 Å². The van der Waals surface area contributed by atoms with E-state index in [-0.39, 0.29) is 5.82 Å². The van der Waals surface area contributed by atoms with Crippen molar-refractivity contribution >= 4 is 5.69 Å². The van der Waals surface area contributed by atoms with Crippen molar-refractivity contribution in [1.82, 2.24) is 0 Å². The topological polar surface area (TPSA) is 29.3 Å². The Morgan fingerprint density at radius 2 is 2.07 bits per heavy atom. The maximum Gasteiger partial charge on any atom is 0.123 e. The molecule has 0 fully saturated rings. The molecule has 0 amide bonds. The van der Waals surface area contributed by atoms with E-state index in [2.05, 4.69) is 0 Å². The second kappa shape index (κ2) is 4.96. The van der Waals surface area contributed by atoms with Gasteiger partial charge in [0, 0.05) is 19.8 Å². The van der Waals surface area contributed by atoms with Gasteiger partial charge in [-0.3, -0.25) is 0 Å². The van der Waals surface area contributed by atoms with E-state index in [1.54, 1.807) is 12.1 Å². The molecule has 0 spiro atoms. The Morgan fingerprint density at radius 1 is 1.36 bits per heavy atom. The van der Waals surface area contributed by atoms with Crippen molar-refractivity contribution in [3.8, 4) is 0 Å². The van der Waals surface area contributed by atoms with Gasteiger partial charge in [0.1, 0.15) is 5.82 Å². The number of aryl methyl sites for hydroxylation is 1. The van der Waals surface area contributed by atoms with E-state index in [9.17, 15) is 4.39 Å². The number of rotatable bonds is 4. The van der Waals surface area contributed by atoms with Crippen LogP contribution in [0, 0.1) is 5.82 Å². The summed E-state index contributed by atoms with van der Waals surface area (Å²) in [7, 11) is 3.92. The molecule has 0 aromatic heterocycles. The lowest BCUT2D eigenvalue weighted by Crippen LogP contribution is -2.12. The average molecular weight is 196 g/mol.